The van der Waals surface area contributed by atoms with Crippen molar-refractivity contribution in [1.29, 1.82) is 0 Å². The Morgan fingerprint density at radius 1 is 1.19 bits per heavy atom. The first kappa shape index (κ1) is 19.5. The summed E-state index contributed by atoms with van der Waals surface area (Å²) in [4.78, 5) is 43.6. The molecule has 0 radical (unpaired) electrons. The van der Waals surface area contributed by atoms with Crippen LogP contribution in [0.1, 0.15) is 34.3 Å². The Kier molecular flexibility index (Phi) is 4.66. The number of rotatable bonds is 7. The standard InChI is InChI=1S/C20H19N9O3/c21-15(30)11-3-1-10(2-4-11)8-22-18-26-16-12(7-14-17(31)27-20(32)25-14)9-23-29(16)19(28-18)24-13-5-6-13/h1-4,7,9,13H,5-6,8H2,(H2,21,30)(H2,22,24,26,28)(H2,25,27,31,32)/b14-7-. The van der Waals surface area contributed by atoms with Gasteiger partial charge in [0, 0.05) is 23.7 Å². The van der Waals surface area contributed by atoms with Gasteiger partial charge in [0.25, 0.3) is 5.91 Å². The molecular formula is C20H19N9O3. The summed E-state index contributed by atoms with van der Waals surface area (Å²) in [5, 5.41) is 15.5. The number of amides is 4. The summed E-state index contributed by atoms with van der Waals surface area (Å²) in [6.07, 6.45) is 5.16. The second-order valence-electron chi connectivity index (χ2n) is 7.51. The van der Waals surface area contributed by atoms with Crippen molar-refractivity contribution in [3.63, 3.8) is 0 Å². The Morgan fingerprint density at radius 2 is 1.97 bits per heavy atom. The molecule has 0 atom stereocenters. The third-order valence-corrected chi connectivity index (χ3v) is 5.01. The topological polar surface area (TPSA) is 168 Å². The molecule has 5 rings (SSSR count). The van der Waals surface area contributed by atoms with Gasteiger partial charge in [0.15, 0.2) is 5.65 Å². The van der Waals surface area contributed by atoms with Crippen molar-refractivity contribution in [3.05, 3.63) is 52.8 Å². The van der Waals surface area contributed by atoms with Crippen molar-refractivity contribution in [3.8, 4) is 0 Å². The molecule has 0 spiro atoms. The van der Waals surface area contributed by atoms with E-state index in [1.807, 2.05) is 0 Å². The number of urea groups is 1. The molecule has 2 aliphatic rings. The maximum atomic E-state index is 11.9. The number of carbonyl (C=O) groups is 3. The van der Waals surface area contributed by atoms with Crippen molar-refractivity contribution in [2.75, 3.05) is 10.6 Å². The van der Waals surface area contributed by atoms with Crippen LogP contribution in [0, 0.1) is 0 Å². The van der Waals surface area contributed by atoms with Gasteiger partial charge < -0.3 is 21.7 Å². The van der Waals surface area contributed by atoms with Crippen LogP contribution in [0.3, 0.4) is 0 Å². The zero-order chi connectivity index (χ0) is 22.2. The summed E-state index contributed by atoms with van der Waals surface area (Å²) in [7, 11) is 0. The van der Waals surface area contributed by atoms with Gasteiger partial charge in [0.05, 0.1) is 6.20 Å². The fraction of sp³-hybridized carbons (Fsp3) is 0.200. The molecule has 0 bridgehead atoms. The minimum Gasteiger partial charge on any atom is -0.366 e. The van der Waals surface area contributed by atoms with Crippen LogP contribution in [0.15, 0.2) is 36.2 Å². The second kappa shape index (κ2) is 7.65. The van der Waals surface area contributed by atoms with Crippen LogP contribution in [-0.2, 0) is 11.3 Å². The molecule has 32 heavy (non-hydrogen) atoms. The van der Waals surface area contributed by atoms with Gasteiger partial charge in [-0.05, 0) is 36.6 Å². The fourth-order valence-electron chi connectivity index (χ4n) is 3.18. The molecule has 3 aromatic rings. The number of nitrogens with one attached hydrogen (secondary N) is 4. The number of anilines is 2. The lowest BCUT2D eigenvalue weighted by atomic mass is 10.1. The minimum absolute atomic E-state index is 0.115. The molecule has 1 aliphatic heterocycles. The minimum atomic E-state index is -0.576. The van der Waals surface area contributed by atoms with Crippen molar-refractivity contribution in [1.82, 2.24) is 30.2 Å². The number of fused-ring (bicyclic) bond motifs is 1. The number of aromatic nitrogens is 4. The predicted octanol–water partition coefficient (Wildman–Crippen LogP) is 0.590. The second-order valence-corrected chi connectivity index (χ2v) is 7.51. The Bertz CT molecular complexity index is 1280. The normalized spacial score (nSPS) is 16.8. The zero-order valence-electron chi connectivity index (χ0n) is 16.8. The van der Waals surface area contributed by atoms with Gasteiger partial charge in [-0.15, -0.1) is 0 Å². The van der Waals surface area contributed by atoms with Crippen LogP contribution in [0.4, 0.5) is 16.7 Å². The molecule has 1 aromatic carbocycles. The third kappa shape index (κ3) is 3.93. The Hall–Kier alpha value is -4.48. The Balaban J connectivity index is 1.45. The monoisotopic (exact) mass is 433 g/mol. The molecule has 12 nitrogen and oxygen atoms in total. The first-order chi connectivity index (χ1) is 15.5. The van der Waals surface area contributed by atoms with Gasteiger partial charge in [0.2, 0.25) is 17.8 Å². The maximum Gasteiger partial charge on any atom is 0.326 e. The highest BCUT2D eigenvalue weighted by atomic mass is 16.2. The molecular weight excluding hydrogens is 414 g/mol. The summed E-state index contributed by atoms with van der Waals surface area (Å²) in [5.74, 6) is -0.116. The van der Waals surface area contributed by atoms with Crippen LogP contribution in [0.2, 0.25) is 0 Å². The van der Waals surface area contributed by atoms with Gasteiger partial charge >= 0.3 is 6.03 Å². The third-order valence-electron chi connectivity index (χ3n) is 5.01. The van der Waals surface area contributed by atoms with Crippen LogP contribution in [0.25, 0.3) is 11.7 Å². The summed E-state index contributed by atoms with van der Waals surface area (Å²) in [6.45, 7) is 0.418. The SMILES string of the molecule is NC(=O)c1ccc(CNc2nc(NC3CC3)n3ncc(/C=C4\NC(=O)NC4=O)c3n2)cc1. The highest BCUT2D eigenvalue weighted by Gasteiger charge is 2.26. The summed E-state index contributed by atoms with van der Waals surface area (Å²) >= 11 is 0. The Labute approximate surface area is 181 Å². The van der Waals surface area contributed by atoms with Crippen molar-refractivity contribution < 1.29 is 14.4 Å². The van der Waals surface area contributed by atoms with Crippen molar-refractivity contribution in [2.45, 2.75) is 25.4 Å². The maximum absolute atomic E-state index is 11.9. The molecule has 1 aliphatic carbocycles. The van der Waals surface area contributed by atoms with E-state index in [-0.39, 0.29) is 5.70 Å². The van der Waals surface area contributed by atoms with Gasteiger partial charge in [-0.3, -0.25) is 14.9 Å². The van der Waals surface area contributed by atoms with Crippen LogP contribution in [-0.4, -0.2) is 43.5 Å². The molecule has 12 heteroatoms. The first-order valence-electron chi connectivity index (χ1n) is 9.95. The number of benzene rings is 1. The van der Waals surface area contributed by atoms with E-state index in [0.29, 0.717) is 41.3 Å². The number of primary amides is 1. The smallest absolute Gasteiger partial charge is 0.326 e. The molecule has 0 unspecified atom stereocenters. The first-order valence-corrected chi connectivity index (χ1v) is 9.95. The quantitative estimate of drug-likeness (QED) is 0.266. The average molecular weight is 433 g/mol. The summed E-state index contributed by atoms with van der Waals surface area (Å²) in [5.41, 5.74) is 7.76. The van der Waals surface area contributed by atoms with E-state index in [1.54, 1.807) is 35.0 Å². The van der Waals surface area contributed by atoms with E-state index >= 15 is 0 Å². The van der Waals surface area contributed by atoms with Gasteiger partial charge in [-0.25, -0.2) is 4.79 Å². The fourth-order valence-corrected chi connectivity index (χ4v) is 3.18. The highest BCUT2D eigenvalue weighted by Crippen LogP contribution is 2.25. The van der Waals surface area contributed by atoms with Gasteiger partial charge in [-0.2, -0.15) is 19.6 Å². The molecule has 162 valence electrons. The van der Waals surface area contributed by atoms with Gasteiger partial charge in [0.1, 0.15) is 5.70 Å². The van der Waals surface area contributed by atoms with Crippen LogP contribution >= 0.6 is 0 Å². The summed E-state index contributed by atoms with van der Waals surface area (Å²) in [6, 6.07) is 6.66. The molecule has 1 saturated heterocycles. The van der Waals surface area contributed by atoms with Crippen molar-refractivity contribution in [2.24, 2.45) is 5.73 Å². The lowest BCUT2D eigenvalue weighted by molar-refractivity contribution is -0.115. The van der Waals surface area contributed by atoms with E-state index in [1.165, 1.54) is 6.08 Å². The predicted molar refractivity (Wildman–Crippen MR) is 114 cm³/mol. The van der Waals surface area contributed by atoms with E-state index in [4.69, 9.17) is 5.73 Å². The van der Waals surface area contributed by atoms with E-state index in [0.717, 1.165) is 18.4 Å². The Morgan fingerprint density at radius 3 is 2.62 bits per heavy atom. The van der Waals surface area contributed by atoms with Crippen molar-refractivity contribution >= 4 is 41.5 Å². The number of nitrogens with zero attached hydrogens (tertiary/aromatic N) is 4. The van der Waals surface area contributed by atoms with Gasteiger partial charge in [-0.1, -0.05) is 12.1 Å². The zero-order valence-corrected chi connectivity index (χ0v) is 16.8. The number of hydrogen-bond donors (Lipinski definition) is 5. The number of carbonyl (C=O) groups excluding carboxylic acids is 3. The molecule has 6 N–H and O–H groups in total. The number of nitrogens with two attached hydrogens (primary N) is 1. The van der Waals surface area contributed by atoms with Crippen LogP contribution in [0.5, 0.6) is 0 Å². The highest BCUT2D eigenvalue weighted by molar-refractivity contribution is 6.14. The molecule has 2 fully saturated rings. The lowest BCUT2D eigenvalue weighted by Gasteiger charge is -2.10. The molecule has 2 aromatic heterocycles. The molecule has 3 heterocycles. The van der Waals surface area contributed by atoms with E-state index in [2.05, 4.69) is 36.3 Å². The lowest BCUT2D eigenvalue weighted by Crippen LogP contribution is -2.22. The molecule has 1 saturated carbocycles. The average Bonchev–Trinajstić information content (AvgIpc) is 3.41. The number of hydrogen-bond acceptors (Lipinski definition) is 8. The van der Waals surface area contributed by atoms with Crippen LogP contribution < -0.4 is 27.0 Å². The molecule has 4 amide bonds. The largest absolute Gasteiger partial charge is 0.366 e. The van der Waals surface area contributed by atoms with E-state index < -0.39 is 17.8 Å². The summed E-state index contributed by atoms with van der Waals surface area (Å²) < 4.78 is 1.56. The van der Waals surface area contributed by atoms with E-state index in [9.17, 15) is 14.4 Å². The number of imide groups is 1.